The van der Waals surface area contributed by atoms with Gasteiger partial charge >= 0.3 is 0 Å². The first-order chi connectivity index (χ1) is 7.29. The predicted molar refractivity (Wildman–Crippen MR) is 58.1 cm³/mol. The van der Waals surface area contributed by atoms with E-state index >= 15 is 0 Å². The Morgan fingerprint density at radius 1 is 1.60 bits per heavy atom. The standard InChI is InChI=1S/C11H16N2O2/c1-15-9-4-2-7-12-10(9)13-11(8-14)5-3-6-11/h2,4,7,14H,3,5-6,8H2,1H3,(H,12,13). The molecule has 15 heavy (non-hydrogen) atoms. The lowest BCUT2D eigenvalue weighted by molar-refractivity contribution is 0.143. The second-order valence-corrected chi connectivity index (χ2v) is 3.97. The Hall–Kier alpha value is -1.29. The Balaban J connectivity index is 2.15. The van der Waals surface area contributed by atoms with Crippen molar-refractivity contribution in [2.24, 2.45) is 0 Å². The normalized spacial score (nSPS) is 18.0. The zero-order valence-electron chi connectivity index (χ0n) is 8.86. The van der Waals surface area contributed by atoms with E-state index in [0.29, 0.717) is 5.82 Å². The van der Waals surface area contributed by atoms with E-state index in [1.54, 1.807) is 13.3 Å². The lowest BCUT2D eigenvalue weighted by Crippen LogP contribution is -2.48. The third kappa shape index (κ3) is 1.90. The minimum absolute atomic E-state index is 0.146. The molecule has 0 radical (unpaired) electrons. The quantitative estimate of drug-likeness (QED) is 0.785. The fourth-order valence-corrected chi connectivity index (χ4v) is 1.83. The second kappa shape index (κ2) is 4.06. The number of rotatable bonds is 4. The van der Waals surface area contributed by atoms with Gasteiger partial charge in [0.05, 0.1) is 19.3 Å². The van der Waals surface area contributed by atoms with Gasteiger partial charge in [0.2, 0.25) is 0 Å². The maximum absolute atomic E-state index is 9.33. The average molecular weight is 208 g/mol. The summed E-state index contributed by atoms with van der Waals surface area (Å²) in [6.45, 7) is 0.146. The Morgan fingerprint density at radius 2 is 2.40 bits per heavy atom. The number of nitrogens with one attached hydrogen (secondary N) is 1. The predicted octanol–water partition coefficient (Wildman–Crippen LogP) is 1.42. The molecule has 1 fully saturated rings. The van der Waals surface area contributed by atoms with Gasteiger partial charge in [-0.2, -0.15) is 0 Å². The molecular formula is C11H16N2O2. The van der Waals surface area contributed by atoms with Crippen LogP contribution >= 0.6 is 0 Å². The van der Waals surface area contributed by atoms with Gasteiger partial charge < -0.3 is 15.2 Å². The van der Waals surface area contributed by atoms with Crippen LogP contribution in [0.2, 0.25) is 0 Å². The first kappa shape index (κ1) is 10.2. The Labute approximate surface area is 89.3 Å². The number of hydrogen-bond donors (Lipinski definition) is 2. The van der Waals surface area contributed by atoms with E-state index in [4.69, 9.17) is 4.74 Å². The second-order valence-electron chi connectivity index (χ2n) is 3.97. The number of aliphatic hydroxyl groups excluding tert-OH is 1. The van der Waals surface area contributed by atoms with Crippen LogP contribution in [0.15, 0.2) is 18.3 Å². The Morgan fingerprint density at radius 3 is 2.93 bits per heavy atom. The van der Waals surface area contributed by atoms with Crippen molar-refractivity contribution in [3.63, 3.8) is 0 Å². The average Bonchev–Trinajstić information content (AvgIpc) is 2.24. The van der Waals surface area contributed by atoms with Gasteiger partial charge in [0.15, 0.2) is 11.6 Å². The first-order valence-corrected chi connectivity index (χ1v) is 5.18. The summed E-state index contributed by atoms with van der Waals surface area (Å²) in [6.07, 6.45) is 4.85. The van der Waals surface area contributed by atoms with Gasteiger partial charge in [0.25, 0.3) is 0 Å². The molecule has 2 rings (SSSR count). The van der Waals surface area contributed by atoms with Gasteiger partial charge in [-0.3, -0.25) is 0 Å². The maximum Gasteiger partial charge on any atom is 0.169 e. The van der Waals surface area contributed by atoms with E-state index in [1.807, 2.05) is 12.1 Å². The van der Waals surface area contributed by atoms with Gasteiger partial charge in [-0.25, -0.2) is 4.98 Å². The van der Waals surface area contributed by atoms with E-state index in [-0.39, 0.29) is 12.1 Å². The van der Waals surface area contributed by atoms with Crippen LogP contribution in [0.3, 0.4) is 0 Å². The fourth-order valence-electron chi connectivity index (χ4n) is 1.83. The molecule has 2 N–H and O–H groups in total. The lowest BCUT2D eigenvalue weighted by atomic mass is 9.77. The molecule has 1 aromatic heterocycles. The topological polar surface area (TPSA) is 54.4 Å². The highest BCUT2D eigenvalue weighted by Crippen LogP contribution is 2.36. The summed E-state index contributed by atoms with van der Waals surface area (Å²) in [7, 11) is 1.62. The molecule has 0 spiro atoms. The van der Waals surface area contributed by atoms with Gasteiger partial charge in [0, 0.05) is 6.20 Å². The molecule has 0 aliphatic heterocycles. The van der Waals surface area contributed by atoms with Gasteiger partial charge in [-0.05, 0) is 31.4 Å². The van der Waals surface area contributed by atoms with Crippen molar-refractivity contribution < 1.29 is 9.84 Å². The molecule has 4 heteroatoms. The van der Waals surface area contributed by atoms with Crippen LogP contribution in [0.1, 0.15) is 19.3 Å². The third-order valence-electron chi connectivity index (χ3n) is 2.99. The van der Waals surface area contributed by atoms with Crippen molar-refractivity contribution in [3.05, 3.63) is 18.3 Å². The molecule has 0 saturated heterocycles. The van der Waals surface area contributed by atoms with Crippen LogP contribution in [0.5, 0.6) is 5.75 Å². The number of methoxy groups -OCH3 is 1. The van der Waals surface area contributed by atoms with Crippen molar-refractivity contribution in [2.45, 2.75) is 24.8 Å². The first-order valence-electron chi connectivity index (χ1n) is 5.18. The highest BCUT2D eigenvalue weighted by molar-refractivity contribution is 5.51. The summed E-state index contributed by atoms with van der Waals surface area (Å²) in [5.74, 6) is 1.44. The van der Waals surface area contributed by atoms with Crippen molar-refractivity contribution in [1.29, 1.82) is 0 Å². The van der Waals surface area contributed by atoms with Crippen molar-refractivity contribution >= 4 is 5.82 Å². The van der Waals surface area contributed by atoms with Gasteiger partial charge in [0.1, 0.15) is 0 Å². The van der Waals surface area contributed by atoms with E-state index in [2.05, 4.69) is 10.3 Å². The van der Waals surface area contributed by atoms with Crippen LogP contribution in [0.4, 0.5) is 5.82 Å². The molecule has 4 nitrogen and oxygen atoms in total. The molecule has 0 bridgehead atoms. The fraction of sp³-hybridized carbons (Fsp3) is 0.545. The summed E-state index contributed by atoms with van der Waals surface area (Å²) in [5, 5.41) is 12.6. The van der Waals surface area contributed by atoms with Crippen molar-refractivity contribution in [3.8, 4) is 5.75 Å². The van der Waals surface area contributed by atoms with E-state index in [9.17, 15) is 5.11 Å². The minimum Gasteiger partial charge on any atom is -0.493 e. The SMILES string of the molecule is COc1cccnc1NC1(CO)CCC1. The Kier molecular flexibility index (Phi) is 2.77. The molecule has 0 unspecified atom stereocenters. The molecule has 0 amide bonds. The van der Waals surface area contributed by atoms with Crippen LogP contribution in [-0.4, -0.2) is 29.3 Å². The smallest absolute Gasteiger partial charge is 0.169 e. The molecular weight excluding hydrogens is 192 g/mol. The summed E-state index contributed by atoms with van der Waals surface area (Å²) in [5.41, 5.74) is -0.179. The van der Waals surface area contributed by atoms with Crippen molar-refractivity contribution in [1.82, 2.24) is 4.98 Å². The molecule has 0 atom stereocenters. The van der Waals surface area contributed by atoms with Gasteiger partial charge in [-0.1, -0.05) is 0 Å². The van der Waals surface area contributed by atoms with Crippen LogP contribution in [0, 0.1) is 0 Å². The molecule has 0 aromatic carbocycles. The van der Waals surface area contributed by atoms with E-state index in [1.165, 1.54) is 0 Å². The number of aromatic nitrogens is 1. The third-order valence-corrected chi connectivity index (χ3v) is 2.99. The Bertz CT molecular complexity index is 332. The highest BCUT2D eigenvalue weighted by Gasteiger charge is 2.37. The van der Waals surface area contributed by atoms with E-state index < -0.39 is 0 Å². The lowest BCUT2D eigenvalue weighted by Gasteiger charge is -2.41. The summed E-state index contributed by atoms with van der Waals surface area (Å²) < 4.78 is 5.20. The zero-order valence-corrected chi connectivity index (χ0v) is 8.86. The number of anilines is 1. The zero-order chi connectivity index (χ0) is 10.7. The summed E-state index contributed by atoms with van der Waals surface area (Å²) >= 11 is 0. The monoisotopic (exact) mass is 208 g/mol. The van der Waals surface area contributed by atoms with Gasteiger partial charge in [-0.15, -0.1) is 0 Å². The summed E-state index contributed by atoms with van der Waals surface area (Å²) in [6, 6.07) is 3.69. The van der Waals surface area contributed by atoms with Crippen molar-refractivity contribution in [2.75, 3.05) is 19.0 Å². The van der Waals surface area contributed by atoms with Crippen LogP contribution < -0.4 is 10.1 Å². The summed E-state index contributed by atoms with van der Waals surface area (Å²) in [4.78, 5) is 4.22. The highest BCUT2D eigenvalue weighted by atomic mass is 16.5. The molecule has 1 saturated carbocycles. The number of hydrogen-bond acceptors (Lipinski definition) is 4. The molecule has 82 valence electrons. The number of nitrogens with zero attached hydrogens (tertiary/aromatic N) is 1. The molecule has 1 aliphatic carbocycles. The molecule has 1 aromatic rings. The maximum atomic E-state index is 9.33. The number of pyridine rings is 1. The minimum atomic E-state index is -0.179. The number of ether oxygens (including phenoxy) is 1. The number of aliphatic hydroxyl groups is 1. The molecule has 1 heterocycles. The van der Waals surface area contributed by atoms with Crippen LogP contribution in [-0.2, 0) is 0 Å². The van der Waals surface area contributed by atoms with E-state index in [0.717, 1.165) is 25.0 Å². The molecule has 1 aliphatic rings. The van der Waals surface area contributed by atoms with Crippen LogP contribution in [0.25, 0.3) is 0 Å². The largest absolute Gasteiger partial charge is 0.493 e.